The van der Waals surface area contributed by atoms with Gasteiger partial charge in [0.1, 0.15) is 0 Å². The van der Waals surface area contributed by atoms with Gasteiger partial charge >= 0.3 is 0 Å². The third-order valence-corrected chi connectivity index (χ3v) is 2.59. The molecule has 1 heterocycles. The van der Waals surface area contributed by atoms with E-state index in [9.17, 15) is 4.79 Å². The Morgan fingerprint density at radius 3 is 3.00 bits per heavy atom. The molecule has 1 rings (SSSR count). The predicted octanol–water partition coefficient (Wildman–Crippen LogP) is -0.175. The second kappa shape index (κ2) is 5.32. The molecule has 14 heavy (non-hydrogen) atoms. The van der Waals surface area contributed by atoms with Crippen LogP contribution >= 0.6 is 0 Å². The Labute approximate surface area is 85.3 Å². The van der Waals surface area contributed by atoms with E-state index >= 15 is 0 Å². The average Bonchev–Trinajstić information content (AvgIpc) is 2.50. The zero-order valence-corrected chi connectivity index (χ0v) is 8.99. The van der Waals surface area contributed by atoms with Crippen LogP contribution in [0.15, 0.2) is 0 Å². The summed E-state index contributed by atoms with van der Waals surface area (Å²) in [7, 11) is 0. The third-order valence-electron chi connectivity index (χ3n) is 2.59. The number of hydrogen-bond donors (Lipinski definition) is 2. The largest absolute Gasteiger partial charge is 0.396 e. The van der Waals surface area contributed by atoms with Crippen molar-refractivity contribution in [2.24, 2.45) is 5.92 Å². The molecule has 2 unspecified atom stereocenters. The van der Waals surface area contributed by atoms with Crippen molar-refractivity contribution in [3.05, 3.63) is 0 Å². The quantitative estimate of drug-likeness (QED) is 0.647. The summed E-state index contributed by atoms with van der Waals surface area (Å²) in [6.07, 6.45) is 0.894. The van der Waals surface area contributed by atoms with E-state index in [1.807, 2.05) is 18.7 Å². The number of likely N-dealkylation sites (tertiary alicyclic amines) is 1. The molecule has 2 N–H and O–H groups in total. The van der Waals surface area contributed by atoms with Crippen LogP contribution in [0.1, 0.15) is 20.3 Å². The minimum absolute atomic E-state index is 0.00546. The topological polar surface area (TPSA) is 52.6 Å². The number of likely N-dealkylation sites (N-methyl/N-ethyl adjacent to an activating group) is 1. The summed E-state index contributed by atoms with van der Waals surface area (Å²) >= 11 is 0. The monoisotopic (exact) mass is 200 g/mol. The van der Waals surface area contributed by atoms with Crippen molar-refractivity contribution < 1.29 is 9.90 Å². The summed E-state index contributed by atoms with van der Waals surface area (Å²) in [6, 6.07) is 0.00546. The van der Waals surface area contributed by atoms with Gasteiger partial charge in [0.15, 0.2) is 0 Å². The molecule has 4 heteroatoms. The molecule has 0 spiro atoms. The molecule has 0 aromatic carbocycles. The van der Waals surface area contributed by atoms with Crippen LogP contribution in [0.25, 0.3) is 0 Å². The first-order valence-corrected chi connectivity index (χ1v) is 5.32. The Bertz CT molecular complexity index is 197. The van der Waals surface area contributed by atoms with Crippen molar-refractivity contribution in [1.82, 2.24) is 10.2 Å². The molecule has 0 aliphatic carbocycles. The molecule has 1 fully saturated rings. The first kappa shape index (κ1) is 11.5. The summed E-state index contributed by atoms with van der Waals surface area (Å²) in [5.74, 6) is 0.367. The number of carbonyl (C=O) groups excluding carboxylic acids is 1. The molecule has 2 atom stereocenters. The lowest BCUT2D eigenvalue weighted by molar-refractivity contribution is -0.130. The summed E-state index contributed by atoms with van der Waals surface area (Å²) in [5, 5.41) is 12.1. The fraction of sp³-hybridized carbons (Fsp3) is 0.900. The van der Waals surface area contributed by atoms with E-state index in [1.54, 1.807) is 0 Å². The smallest absolute Gasteiger partial charge is 0.239 e. The highest BCUT2D eigenvalue weighted by Gasteiger charge is 2.31. The van der Waals surface area contributed by atoms with Gasteiger partial charge in [0.2, 0.25) is 5.91 Å². The lowest BCUT2D eigenvalue weighted by Crippen LogP contribution is -2.39. The van der Waals surface area contributed by atoms with Gasteiger partial charge in [-0.3, -0.25) is 4.79 Å². The van der Waals surface area contributed by atoms with E-state index in [2.05, 4.69) is 5.32 Å². The van der Waals surface area contributed by atoms with Gasteiger partial charge in [-0.2, -0.15) is 0 Å². The maximum Gasteiger partial charge on any atom is 0.239 e. The first-order chi connectivity index (χ1) is 6.69. The molecule has 4 nitrogen and oxygen atoms in total. The second-order valence-corrected chi connectivity index (χ2v) is 3.97. The lowest BCUT2D eigenvalue weighted by atomic mass is 10.2. The molecule has 1 aliphatic heterocycles. The number of nitrogens with one attached hydrogen (secondary N) is 1. The van der Waals surface area contributed by atoms with E-state index in [0.29, 0.717) is 6.54 Å². The van der Waals surface area contributed by atoms with Crippen molar-refractivity contribution in [1.29, 1.82) is 0 Å². The van der Waals surface area contributed by atoms with Crippen LogP contribution in [-0.2, 0) is 4.79 Å². The Hall–Kier alpha value is -0.610. The number of carbonyl (C=O) groups is 1. The van der Waals surface area contributed by atoms with Gasteiger partial charge in [-0.05, 0) is 18.9 Å². The van der Waals surface area contributed by atoms with Crippen LogP contribution in [0, 0.1) is 5.92 Å². The summed E-state index contributed by atoms with van der Waals surface area (Å²) in [4.78, 5) is 13.6. The van der Waals surface area contributed by atoms with Gasteiger partial charge in [0.25, 0.3) is 0 Å². The van der Waals surface area contributed by atoms with Gasteiger partial charge in [0, 0.05) is 19.7 Å². The predicted molar refractivity (Wildman–Crippen MR) is 54.9 cm³/mol. The molecule has 0 aromatic rings. The summed E-state index contributed by atoms with van der Waals surface area (Å²) in [6.45, 7) is 6.44. The molecule has 1 aliphatic rings. The zero-order chi connectivity index (χ0) is 10.6. The normalized spacial score (nSPS) is 24.4. The van der Waals surface area contributed by atoms with Gasteiger partial charge in [-0.1, -0.05) is 13.8 Å². The van der Waals surface area contributed by atoms with Gasteiger partial charge < -0.3 is 15.3 Å². The van der Waals surface area contributed by atoms with E-state index < -0.39 is 0 Å². The molecule has 0 radical (unpaired) electrons. The number of aliphatic hydroxyl groups excluding tert-OH is 1. The van der Waals surface area contributed by atoms with Crippen molar-refractivity contribution in [3.63, 3.8) is 0 Å². The highest BCUT2D eigenvalue weighted by molar-refractivity contribution is 5.83. The maximum atomic E-state index is 11.7. The fourth-order valence-electron chi connectivity index (χ4n) is 1.79. The maximum absolute atomic E-state index is 11.7. The molecule has 1 amide bonds. The Morgan fingerprint density at radius 2 is 2.43 bits per heavy atom. The minimum atomic E-state index is 0.00546. The molecule has 0 saturated carbocycles. The third kappa shape index (κ3) is 2.69. The van der Waals surface area contributed by atoms with Gasteiger partial charge in [0.05, 0.1) is 6.04 Å². The van der Waals surface area contributed by atoms with Crippen molar-refractivity contribution >= 4 is 5.91 Å². The summed E-state index contributed by atoms with van der Waals surface area (Å²) < 4.78 is 0. The van der Waals surface area contributed by atoms with Crippen LogP contribution in [-0.4, -0.2) is 48.2 Å². The van der Waals surface area contributed by atoms with Crippen LogP contribution in [0.2, 0.25) is 0 Å². The first-order valence-electron chi connectivity index (χ1n) is 5.32. The van der Waals surface area contributed by atoms with E-state index in [-0.39, 0.29) is 24.5 Å². The van der Waals surface area contributed by atoms with Crippen molar-refractivity contribution in [2.75, 3.05) is 26.2 Å². The van der Waals surface area contributed by atoms with Crippen molar-refractivity contribution in [3.8, 4) is 0 Å². The molecular formula is C10H20N2O2. The van der Waals surface area contributed by atoms with Crippen molar-refractivity contribution in [2.45, 2.75) is 26.3 Å². The summed E-state index contributed by atoms with van der Waals surface area (Å²) in [5.41, 5.74) is 0. The highest BCUT2D eigenvalue weighted by atomic mass is 16.3. The van der Waals surface area contributed by atoms with Gasteiger partial charge in [-0.15, -0.1) is 0 Å². The zero-order valence-electron chi connectivity index (χ0n) is 8.99. The molecule has 82 valence electrons. The Kier molecular flexibility index (Phi) is 4.35. The number of rotatable bonds is 5. The van der Waals surface area contributed by atoms with E-state index in [0.717, 1.165) is 19.5 Å². The molecular weight excluding hydrogens is 180 g/mol. The number of amides is 1. The lowest BCUT2D eigenvalue weighted by Gasteiger charge is -2.20. The fourth-order valence-corrected chi connectivity index (χ4v) is 1.79. The van der Waals surface area contributed by atoms with E-state index in [4.69, 9.17) is 5.11 Å². The Balaban J connectivity index is 2.39. The number of nitrogens with zero attached hydrogens (tertiary/aromatic N) is 1. The van der Waals surface area contributed by atoms with Crippen LogP contribution in [0.5, 0.6) is 0 Å². The van der Waals surface area contributed by atoms with E-state index in [1.165, 1.54) is 0 Å². The highest BCUT2D eigenvalue weighted by Crippen LogP contribution is 2.12. The Morgan fingerprint density at radius 1 is 1.71 bits per heavy atom. The standard InChI is InChI=1S/C10H20N2O2/c1-3-11-9-4-5-12(10(9)14)6-8(2)7-13/h8-9,11,13H,3-7H2,1-2H3. The van der Waals surface area contributed by atoms with Crippen LogP contribution in [0.3, 0.4) is 0 Å². The molecule has 0 bridgehead atoms. The molecule has 0 aromatic heterocycles. The minimum Gasteiger partial charge on any atom is -0.396 e. The average molecular weight is 200 g/mol. The second-order valence-electron chi connectivity index (χ2n) is 3.97. The van der Waals surface area contributed by atoms with Crippen LogP contribution in [0.4, 0.5) is 0 Å². The van der Waals surface area contributed by atoms with Crippen LogP contribution < -0.4 is 5.32 Å². The van der Waals surface area contributed by atoms with Gasteiger partial charge in [-0.25, -0.2) is 0 Å². The molecule has 1 saturated heterocycles. The SMILES string of the molecule is CCNC1CCN(CC(C)CO)C1=O. The number of hydrogen-bond acceptors (Lipinski definition) is 3. The number of aliphatic hydroxyl groups is 1.